The van der Waals surface area contributed by atoms with Crippen LogP contribution in [0.1, 0.15) is 35.7 Å². The molecule has 1 aromatic carbocycles. The molecule has 2 heterocycles. The normalized spacial score (nSPS) is 17.1. The van der Waals surface area contributed by atoms with Crippen LogP contribution in [0.3, 0.4) is 0 Å². The number of carbonyl (C=O) groups excluding carboxylic acids is 2. The quantitative estimate of drug-likeness (QED) is 0.870. The Kier molecular flexibility index (Phi) is 5.48. The maximum atomic E-state index is 12.8. The van der Waals surface area contributed by atoms with Gasteiger partial charge in [-0.15, -0.1) is 0 Å². The van der Waals surface area contributed by atoms with Crippen molar-refractivity contribution in [3.8, 4) is 0 Å². The predicted molar refractivity (Wildman–Crippen MR) is 99.5 cm³/mol. The van der Waals surface area contributed by atoms with Gasteiger partial charge in [-0.05, 0) is 37.0 Å². The number of piperidine rings is 1. The molecule has 1 aliphatic heterocycles. The van der Waals surface area contributed by atoms with Crippen molar-refractivity contribution in [2.24, 2.45) is 5.92 Å². The van der Waals surface area contributed by atoms with Gasteiger partial charge in [-0.25, -0.2) is 0 Å². The summed E-state index contributed by atoms with van der Waals surface area (Å²) in [5, 5.41) is 9.90. The van der Waals surface area contributed by atoms with Crippen LogP contribution in [0.25, 0.3) is 11.0 Å². The van der Waals surface area contributed by atoms with Gasteiger partial charge in [-0.3, -0.25) is 14.4 Å². The molecule has 0 spiro atoms. The lowest BCUT2D eigenvalue weighted by molar-refractivity contribution is -0.145. The van der Waals surface area contributed by atoms with Gasteiger partial charge in [0.2, 0.25) is 5.91 Å². The highest BCUT2D eigenvalue weighted by Crippen LogP contribution is 2.24. The fourth-order valence-corrected chi connectivity index (χ4v) is 3.45. The van der Waals surface area contributed by atoms with E-state index in [1.165, 1.54) is 16.1 Å². The van der Waals surface area contributed by atoms with E-state index >= 15 is 0 Å². The van der Waals surface area contributed by atoms with Crippen LogP contribution in [0.5, 0.6) is 0 Å². The van der Waals surface area contributed by atoms with E-state index in [4.69, 9.17) is 9.52 Å². The Balaban J connectivity index is 1.70. The number of nitrogens with zero attached hydrogens (tertiary/aromatic N) is 2. The number of carboxylic acids is 1. The summed E-state index contributed by atoms with van der Waals surface area (Å²) < 4.78 is 5.47. The minimum absolute atomic E-state index is 0.0920. The summed E-state index contributed by atoms with van der Waals surface area (Å²) in [6.07, 6.45) is 3.51. The molecule has 1 atom stereocenters. The third-order valence-electron chi connectivity index (χ3n) is 5.12. The number of likely N-dealkylation sites (tertiary alicyclic amines) is 1. The molecule has 1 aromatic heterocycles. The van der Waals surface area contributed by atoms with Gasteiger partial charge in [0, 0.05) is 25.5 Å². The summed E-state index contributed by atoms with van der Waals surface area (Å²) in [6.45, 7) is 2.67. The van der Waals surface area contributed by atoms with Crippen LogP contribution in [-0.4, -0.2) is 59.4 Å². The van der Waals surface area contributed by atoms with Crippen molar-refractivity contribution in [1.82, 2.24) is 9.80 Å². The zero-order valence-electron chi connectivity index (χ0n) is 15.6. The predicted octanol–water partition coefficient (Wildman–Crippen LogP) is 2.39. The molecule has 1 fully saturated rings. The first-order valence-electron chi connectivity index (χ1n) is 9.17. The van der Waals surface area contributed by atoms with E-state index in [1.807, 2.05) is 25.1 Å². The number of furan rings is 1. The van der Waals surface area contributed by atoms with Crippen molar-refractivity contribution in [3.63, 3.8) is 0 Å². The SMILES string of the molecule is CCc1ccc2occ(C(=O)N(C)CC(=O)N3CCCC(C(=O)O)C3)c2c1. The van der Waals surface area contributed by atoms with E-state index in [-0.39, 0.29) is 24.9 Å². The standard InChI is InChI=1S/C20H24N2O5/c1-3-13-6-7-17-15(9-13)16(12-27-17)19(24)21(2)11-18(23)22-8-4-5-14(10-22)20(25)26/h6-7,9,12,14H,3-5,8,10-11H2,1-2H3,(H,25,26). The molecule has 27 heavy (non-hydrogen) atoms. The third kappa shape index (κ3) is 3.97. The number of aliphatic carboxylic acids is 1. The molecule has 144 valence electrons. The number of benzene rings is 1. The first-order chi connectivity index (χ1) is 12.9. The van der Waals surface area contributed by atoms with Gasteiger partial charge in [-0.2, -0.15) is 0 Å². The summed E-state index contributed by atoms with van der Waals surface area (Å²) in [5.74, 6) is -1.94. The number of amides is 2. The Morgan fingerprint density at radius 1 is 1.33 bits per heavy atom. The van der Waals surface area contributed by atoms with E-state index in [0.29, 0.717) is 30.5 Å². The Labute approximate surface area is 157 Å². The van der Waals surface area contributed by atoms with Crippen molar-refractivity contribution in [2.45, 2.75) is 26.2 Å². The highest BCUT2D eigenvalue weighted by Gasteiger charge is 2.29. The largest absolute Gasteiger partial charge is 0.481 e. The molecule has 1 N–H and O–H groups in total. The molecule has 1 saturated heterocycles. The van der Waals surface area contributed by atoms with Crippen LogP contribution in [-0.2, 0) is 16.0 Å². The van der Waals surface area contributed by atoms with E-state index in [9.17, 15) is 14.4 Å². The molecule has 0 aliphatic carbocycles. The van der Waals surface area contributed by atoms with Crippen LogP contribution >= 0.6 is 0 Å². The molecular formula is C20H24N2O5. The number of carboxylic acid groups (broad SMARTS) is 1. The number of likely N-dealkylation sites (N-methyl/N-ethyl adjacent to an activating group) is 1. The van der Waals surface area contributed by atoms with Gasteiger partial charge in [-0.1, -0.05) is 13.0 Å². The van der Waals surface area contributed by atoms with Crippen LogP contribution in [0.15, 0.2) is 28.9 Å². The molecule has 7 heteroatoms. The molecule has 3 rings (SSSR count). The molecule has 2 aromatic rings. The topological polar surface area (TPSA) is 91.1 Å². The molecule has 2 amide bonds. The fraction of sp³-hybridized carbons (Fsp3) is 0.450. The third-order valence-corrected chi connectivity index (χ3v) is 5.12. The van der Waals surface area contributed by atoms with Crippen LogP contribution in [0, 0.1) is 5.92 Å². The van der Waals surface area contributed by atoms with E-state index in [0.717, 1.165) is 17.4 Å². The van der Waals surface area contributed by atoms with Gasteiger partial charge in [0.15, 0.2) is 0 Å². The second-order valence-corrected chi connectivity index (χ2v) is 7.01. The zero-order chi connectivity index (χ0) is 19.6. The number of carbonyl (C=O) groups is 3. The second-order valence-electron chi connectivity index (χ2n) is 7.01. The van der Waals surface area contributed by atoms with Gasteiger partial charge >= 0.3 is 5.97 Å². The van der Waals surface area contributed by atoms with Crippen LogP contribution in [0.4, 0.5) is 0 Å². The van der Waals surface area contributed by atoms with E-state index in [1.54, 1.807) is 7.05 Å². The maximum Gasteiger partial charge on any atom is 0.308 e. The summed E-state index contributed by atoms with van der Waals surface area (Å²) in [6, 6.07) is 5.74. The lowest BCUT2D eigenvalue weighted by Crippen LogP contribution is -2.46. The monoisotopic (exact) mass is 372 g/mol. The van der Waals surface area contributed by atoms with Crippen molar-refractivity contribution < 1.29 is 23.9 Å². The van der Waals surface area contributed by atoms with Crippen molar-refractivity contribution in [1.29, 1.82) is 0 Å². The Hall–Kier alpha value is -2.83. The smallest absolute Gasteiger partial charge is 0.308 e. The molecule has 1 unspecified atom stereocenters. The van der Waals surface area contributed by atoms with Gasteiger partial charge in [0.05, 0.1) is 18.0 Å². The number of aryl methyl sites for hydroxylation is 1. The average Bonchev–Trinajstić information content (AvgIpc) is 3.10. The Morgan fingerprint density at radius 3 is 2.81 bits per heavy atom. The molecule has 0 saturated carbocycles. The minimum Gasteiger partial charge on any atom is -0.481 e. The maximum absolute atomic E-state index is 12.8. The van der Waals surface area contributed by atoms with Gasteiger partial charge in [0.1, 0.15) is 11.8 Å². The van der Waals surface area contributed by atoms with Gasteiger partial charge < -0.3 is 19.3 Å². The second kappa shape index (κ2) is 7.82. The summed E-state index contributed by atoms with van der Waals surface area (Å²) in [7, 11) is 1.57. The highest BCUT2D eigenvalue weighted by molar-refractivity contribution is 6.06. The lowest BCUT2D eigenvalue weighted by Gasteiger charge is -2.32. The van der Waals surface area contributed by atoms with Crippen LogP contribution < -0.4 is 0 Å². The van der Waals surface area contributed by atoms with Gasteiger partial charge in [0.25, 0.3) is 5.91 Å². The zero-order valence-corrected chi connectivity index (χ0v) is 15.6. The Bertz CT molecular complexity index is 872. The first-order valence-corrected chi connectivity index (χ1v) is 9.17. The molecule has 0 bridgehead atoms. The molecule has 0 radical (unpaired) electrons. The average molecular weight is 372 g/mol. The highest BCUT2D eigenvalue weighted by atomic mass is 16.4. The van der Waals surface area contributed by atoms with Crippen LogP contribution in [0.2, 0.25) is 0 Å². The first kappa shape index (κ1) is 18.9. The van der Waals surface area contributed by atoms with E-state index < -0.39 is 11.9 Å². The van der Waals surface area contributed by atoms with Crippen molar-refractivity contribution >= 4 is 28.8 Å². The minimum atomic E-state index is -0.881. The molecule has 7 nitrogen and oxygen atoms in total. The molecular weight excluding hydrogens is 348 g/mol. The summed E-state index contributed by atoms with van der Waals surface area (Å²) in [4.78, 5) is 39.4. The fourth-order valence-electron chi connectivity index (χ4n) is 3.45. The summed E-state index contributed by atoms with van der Waals surface area (Å²) in [5.41, 5.74) is 2.16. The van der Waals surface area contributed by atoms with Crippen molar-refractivity contribution in [2.75, 3.05) is 26.7 Å². The number of fused-ring (bicyclic) bond motifs is 1. The molecule has 1 aliphatic rings. The lowest BCUT2D eigenvalue weighted by atomic mass is 9.98. The van der Waals surface area contributed by atoms with E-state index in [2.05, 4.69) is 0 Å². The number of hydrogen-bond donors (Lipinski definition) is 1. The van der Waals surface area contributed by atoms with Crippen molar-refractivity contribution in [3.05, 3.63) is 35.6 Å². The number of rotatable bonds is 5. The summed E-state index contributed by atoms with van der Waals surface area (Å²) >= 11 is 0. The number of hydrogen-bond acceptors (Lipinski definition) is 4. The Morgan fingerprint density at radius 2 is 2.11 bits per heavy atom.